The monoisotopic (exact) mass is 238 g/mol. The zero-order valence-corrected chi connectivity index (χ0v) is 9.91. The van der Waals surface area contributed by atoms with Gasteiger partial charge in [0.15, 0.2) is 0 Å². The molecule has 1 rings (SSSR count). The number of rotatable bonds is 4. The van der Waals surface area contributed by atoms with E-state index in [1.54, 1.807) is 32.9 Å². The van der Waals surface area contributed by atoms with Gasteiger partial charge in [-0.05, 0) is 5.56 Å². The quantitative estimate of drug-likeness (QED) is 0.596. The zero-order valence-electron chi connectivity index (χ0n) is 9.91. The van der Waals surface area contributed by atoms with Crippen molar-refractivity contribution in [1.82, 2.24) is 0 Å². The maximum Gasteiger partial charge on any atom is 0.269 e. The Morgan fingerprint density at radius 1 is 1.12 bits per heavy atom. The lowest BCUT2D eigenvalue weighted by atomic mass is 9.84. The van der Waals surface area contributed by atoms with Crippen LogP contribution >= 0.6 is 0 Å². The summed E-state index contributed by atoms with van der Waals surface area (Å²) in [5.41, 5.74) is -0.395. The predicted molar refractivity (Wildman–Crippen MR) is 62.6 cm³/mol. The van der Waals surface area contributed by atoms with E-state index in [9.17, 15) is 20.2 Å². The molecule has 0 fully saturated rings. The maximum atomic E-state index is 10.9. The number of nitro benzene ring substituents is 1. The third-order valence-corrected chi connectivity index (χ3v) is 3.13. The van der Waals surface area contributed by atoms with Gasteiger partial charge in [0.25, 0.3) is 5.69 Å². The summed E-state index contributed by atoms with van der Waals surface area (Å²) in [6, 6.07) is 5.85. The predicted octanol–water partition coefficient (Wildman–Crippen LogP) is 2.75. The third kappa shape index (κ3) is 2.58. The van der Waals surface area contributed by atoms with E-state index in [-0.39, 0.29) is 16.5 Å². The van der Waals surface area contributed by atoms with E-state index in [1.807, 2.05) is 0 Å². The molecule has 17 heavy (non-hydrogen) atoms. The summed E-state index contributed by atoms with van der Waals surface area (Å²) in [6.07, 6.45) is 0. The van der Waals surface area contributed by atoms with Crippen molar-refractivity contribution < 1.29 is 9.85 Å². The lowest BCUT2D eigenvalue weighted by molar-refractivity contribution is -0.564. The Morgan fingerprint density at radius 3 is 1.94 bits per heavy atom. The third-order valence-electron chi connectivity index (χ3n) is 3.13. The molecule has 0 saturated carbocycles. The molecule has 0 aliphatic heterocycles. The number of benzene rings is 1. The minimum Gasteiger partial charge on any atom is -0.264 e. The average molecular weight is 238 g/mol. The summed E-state index contributed by atoms with van der Waals surface area (Å²) in [6.45, 7) is 4.82. The highest BCUT2D eigenvalue weighted by atomic mass is 16.6. The van der Waals surface area contributed by atoms with Crippen LogP contribution in [0.25, 0.3) is 0 Å². The Balaban J connectivity index is 3.02. The summed E-state index contributed by atoms with van der Waals surface area (Å²) < 4.78 is 0. The number of nitrogens with zero attached hydrogens (tertiary/aromatic N) is 2. The van der Waals surface area contributed by atoms with Gasteiger partial charge in [0.2, 0.25) is 5.54 Å². The highest BCUT2D eigenvalue weighted by molar-refractivity contribution is 5.35. The first-order chi connectivity index (χ1) is 7.76. The van der Waals surface area contributed by atoms with Gasteiger partial charge in [-0.1, -0.05) is 19.1 Å². The summed E-state index contributed by atoms with van der Waals surface area (Å²) >= 11 is 0. The molecule has 0 bridgehead atoms. The summed E-state index contributed by atoms with van der Waals surface area (Å²) in [4.78, 5) is 20.6. The van der Waals surface area contributed by atoms with Crippen LogP contribution in [0.4, 0.5) is 5.69 Å². The zero-order chi connectivity index (χ0) is 13.2. The molecule has 1 unspecified atom stereocenters. The topological polar surface area (TPSA) is 86.3 Å². The molecule has 0 radical (unpaired) electrons. The SMILES string of the molecule is CC(c1ccc([N+](=O)[O-])cc1)C(C)(C)[N+](=O)[O-]. The minimum atomic E-state index is -1.10. The van der Waals surface area contributed by atoms with Crippen molar-refractivity contribution in [3.05, 3.63) is 50.1 Å². The molecule has 1 aromatic rings. The molecule has 0 heterocycles. The van der Waals surface area contributed by atoms with Gasteiger partial charge in [-0.25, -0.2) is 0 Å². The first-order valence-corrected chi connectivity index (χ1v) is 5.15. The number of hydrogen-bond acceptors (Lipinski definition) is 4. The first kappa shape index (κ1) is 13.1. The van der Waals surface area contributed by atoms with E-state index in [2.05, 4.69) is 0 Å². The van der Waals surface area contributed by atoms with E-state index in [0.29, 0.717) is 0 Å². The Kier molecular flexibility index (Phi) is 3.45. The van der Waals surface area contributed by atoms with Crippen LogP contribution in [-0.2, 0) is 0 Å². The van der Waals surface area contributed by atoms with E-state index in [0.717, 1.165) is 5.56 Å². The molecular weight excluding hydrogens is 224 g/mol. The summed E-state index contributed by atoms with van der Waals surface area (Å²) in [5.74, 6) is -0.321. The van der Waals surface area contributed by atoms with Crippen LogP contribution in [-0.4, -0.2) is 15.4 Å². The van der Waals surface area contributed by atoms with Gasteiger partial charge in [-0.3, -0.25) is 20.2 Å². The van der Waals surface area contributed by atoms with Crippen molar-refractivity contribution >= 4 is 5.69 Å². The second-order valence-corrected chi connectivity index (χ2v) is 4.48. The van der Waals surface area contributed by atoms with Gasteiger partial charge < -0.3 is 0 Å². The van der Waals surface area contributed by atoms with Crippen LogP contribution in [0, 0.1) is 20.2 Å². The van der Waals surface area contributed by atoms with Crippen molar-refractivity contribution in [2.75, 3.05) is 0 Å². The largest absolute Gasteiger partial charge is 0.269 e. The lowest BCUT2D eigenvalue weighted by Crippen LogP contribution is -2.36. The van der Waals surface area contributed by atoms with Crippen molar-refractivity contribution in [3.8, 4) is 0 Å². The highest BCUT2D eigenvalue weighted by Gasteiger charge is 2.38. The normalized spacial score (nSPS) is 13.1. The van der Waals surface area contributed by atoms with Crippen LogP contribution in [0.2, 0.25) is 0 Å². The van der Waals surface area contributed by atoms with Gasteiger partial charge in [0.05, 0.1) is 10.8 Å². The summed E-state index contributed by atoms with van der Waals surface area (Å²) in [5, 5.41) is 21.4. The van der Waals surface area contributed by atoms with Gasteiger partial charge >= 0.3 is 0 Å². The van der Waals surface area contributed by atoms with E-state index < -0.39 is 10.5 Å². The molecular formula is C11H14N2O4. The second-order valence-electron chi connectivity index (χ2n) is 4.48. The lowest BCUT2D eigenvalue weighted by Gasteiger charge is -2.23. The molecule has 1 aromatic carbocycles. The van der Waals surface area contributed by atoms with Gasteiger partial charge in [-0.15, -0.1) is 0 Å². The highest BCUT2D eigenvalue weighted by Crippen LogP contribution is 2.30. The Morgan fingerprint density at radius 2 is 1.59 bits per heavy atom. The molecule has 6 heteroatoms. The van der Waals surface area contributed by atoms with Crippen LogP contribution in [0.3, 0.4) is 0 Å². The number of nitro groups is 2. The van der Waals surface area contributed by atoms with Crippen LogP contribution in [0.5, 0.6) is 0 Å². The van der Waals surface area contributed by atoms with E-state index in [4.69, 9.17) is 0 Å². The van der Waals surface area contributed by atoms with Gasteiger partial charge in [-0.2, -0.15) is 0 Å². The molecule has 92 valence electrons. The fourth-order valence-corrected chi connectivity index (χ4v) is 1.45. The van der Waals surface area contributed by atoms with E-state index >= 15 is 0 Å². The Labute approximate surface area is 98.6 Å². The molecule has 0 aliphatic rings. The van der Waals surface area contributed by atoms with Crippen molar-refractivity contribution in [1.29, 1.82) is 0 Å². The fraction of sp³-hybridized carbons (Fsp3) is 0.455. The van der Waals surface area contributed by atoms with Crippen molar-refractivity contribution in [2.45, 2.75) is 32.2 Å². The minimum absolute atomic E-state index is 0.0140. The van der Waals surface area contributed by atoms with Gasteiger partial charge in [0, 0.05) is 30.9 Å². The number of non-ortho nitro benzene ring substituents is 1. The van der Waals surface area contributed by atoms with Crippen LogP contribution < -0.4 is 0 Å². The fourth-order valence-electron chi connectivity index (χ4n) is 1.45. The molecule has 0 saturated heterocycles. The molecule has 6 nitrogen and oxygen atoms in total. The number of hydrogen-bond donors (Lipinski definition) is 0. The summed E-state index contributed by atoms with van der Waals surface area (Å²) in [7, 11) is 0. The van der Waals surface area contributed by atoms with Crippen molar-refractivity contribution in [3.63, 3.8) is 0 Å². The van der Waals surface area contributed by atoms with Crippen LogP contribution in [0.1, 0.15) is 32.3 Å². The van der Waals surface area contributed by atoms with E-state index in [1.165, 1.54) is 12.1 Å². The second kappa shape index (κ2) is 4.48. The first-order valence-electron chi connectivity index (χ1n) is 5.15. The molecule has 0 aliphatic carbocycles. The molecule has 0 spiro atoms. The maximum absolute atomic E-state index is 10.9. The Bertz CT molecular complexity index is 439. The standard InChI is InChI=1S/C11H14N2O4/c1-8(11(2,3)13(16)17)9-4-6-10(7-5-9)12(14)15/h4-8H,1-3H3. The van der Waals surface area contributed by atoms with Crippen molar-refractivity contribution in [2.24, 2.45) is 0 Å². The average Bonchev–Trinajstić information content (AvgIpc) is 2.27. The van der Waals surface area contributed by atoms with Gasteiger partial charge in [0.1, 0.15) is 0 Å². The molecule has 1 atom stereocenters. The smallest absolute Gasteiger partial charge is 0.264 e. The van der Waals surface area contributed by atoms with Crippen LogP contribution in [0.15, 0.2) is 24.3 Å². The Hall–Kier alpha value is -1.98. The molecule has 0 amide bonds. The molecule has 0 aromatic heterocycles. The molecule has 0 N–H and O–H groups in total.